The summed E-state index contributed by atoms with van der Waals surface area (Å²) in [5.41, 5.74) is 1.45. The molecule has 10 heteroatoms. The lowest BCUT2D eigenvalue weighted by Crippen LogP contribution is -2.27. The van der Waals surface area contributed by atoms with Crippen LogP contribution in [0.2, 0.25) is 10.0 Å². The number of benzene rings is 2. The zero-order chi connectivity index (χ0) is 22.5. The number of amides is 1. The molecule has 0 fully saturated rings. The van der Waals surface area contributed by atoms with Crippen molar-refractivity contribution in [1.82, 2.24) is 14.5 Å². The number of carbonyl (C=O) groups is 2. The van der Waals surface area contributed by atoms with Crippen LogP contribution in [0.3, 0.4) is 0 Å². The molecule has 0 saturated carbocycles. The van der Waals surface area contributed by atoms with Crippen LogP contribution in [0.25, 0.3) is 10.9 Å². The van der Waals surface area contributed by atoms with E-state index in [-0.39, 0.29) is 18.6 Å². The van der Waals surface area contributed by atoms with Gasteiger partial charge in [-0.2, -0.15) is 0 Å². The van der Waals surface area contributed by atoms with Crippen LogP contribution in [-0.2, 0) is 20.9 Å². The molecule has 1 aromatic heterocycles. The van der Waals surface area contributed by atoms with Gasteiger partial charge in [0.15, 0.2) is 6.61 Å². The zero-order valence-corrected chi connectivity index (χ0v) is 18.4. The molecule has 1 heterocycles. The highest BCUT2D eigenvalue weighted by Crippen LogP contribution is 2.23. The summed E-state index contributed by atoms with van der Waals surface area (Å²) in [7, 11) is 3.45. The van der Waals surface area contributed by atoms with E-state index in [2.05, 4.69) is 10.3 Å². The number of halogens is 2. The molecule has 8 nitrogen and oxygen atoms in total. The first-order valence-corrected chi connectivity index (χ1v) is 10.0. The van der Waals surface area contributed by atoms with E-state index in [1.54, 1.807) is 55.4 Å². The van der Waals surface area contributed by atoms with E-state index >= 15 is 0 Å². The van der Waals surface area contributed by atoms with Crippen LogP contribution in [-0.4, -0.2) is 53.6 Å². The minimum atomic E-state index is -0.497. The molecule has 3 rings (SSSR count). The summed E-state index contributed by atoms with van der Waals surface area (Å²) < 4.78 is 6.36. The third-order valence-electron chi connectivity index (χ3n) is 4.26. The summed E-state index contributed by atoms with van der Waals surface area (Å²) in [6.07, 6.45) is 1.43. The van der Waals surface area contributed by atoms with Crippen molar-refractivity contribution in [3.63, 3.8) is 0 Å². The van der Waals surface area contributed by atoms with Gasteiger partial charge in [-0.1, -0.05) is 29.3 Å². The first kappa shape index (κ1) is 22.7. The Morgan fingerprint density at radius 2 is 1.90 bits per heavy atom. The molecule has 0 aliphatic heterocycles. The first-order valence-electron chi connectivity index (χ1n) is 9.26. The normalized spacial score (nSPS) is 11.0. The van der Waals surface area contributed by atoms with Gasteiger partial charge in [-0.05, 0) is 50.0 Å². The summed E-state index contributed by atoms with van der Waals surface area (Å²) in [5, 5.41) is 3.88. The van der Waals surface area contributed by atoms with Gasteiger partial charge in [0.25, 0.3) is 11.5 Å². The van der Waals surface area contributed by atoms with Gasteiger partial charge in [0, 0.05) is 5.69 Å². The molecule has 1 amide bonds. The van der Waals surface area contributed by atoms with E-state index in [0.717, 1.165) is 5.56 Å². The van der Waals surface area contributed by atoms with E-state index in [9.17, 15) is 14.4 Å². The summed E-state index contributed by atoms with van der Waals surface area (Å²) in [6, 6.07) is 9.92. The Bertz CT molecular complexity index is 1190. The highest BCUT2D eigenvalue weighted by molar-refractivity contribution is 6.42. The minimum absolute atomic E-state index is 0.0850. The molecule has 0 aliphatic carbocycles. The maximum absolute atomic E-state index is 12.8. The monoisotopic (exact) mass is 462 g/mol. The van der Waals surface area contributed by atoms with Crippen molar-refractivity contribution in [3.8, 4) is 0 Å². The van der Waals surface area contributed by atoms with Crippen molar-refractivity contribution in [3.05, 3.63) is 68.7 Å². The van der Waals surface area contributed by atoms with E-state index in [1.807, 2.05) is 0 Å². The Morgan fingerprint density at radius 3 is 2.61 bits per heavy atom. The summed E-state index contributed by atoms with van der Waals surface area (Å²) in [6.45, 7) is -0.0273. The SMILES string of the molecule is CN(C)CC(=O)OCC(=O)Nc1ccc2c(=O)n(Cc3ccc(Cl)c(Cl)c3)cnc2c1. The largest absolute Gasteiger partial charge is 0.455 e. The van der Waals surface area contributed by atoms with Crippen LogP contribution >= 0.6 is 23.2 Å². The molecular formula is C21H20Cl2N4O4. The van der Waals surface area contributed by atoms with Gasteiger partial charge in [0.05, 0.1) is 40.4 Å². The van der Waals surface area contributed by atoms with Gasteiger partial charge in [0.1, 0.15) is 0 Å². The Balaban J connectivity index is 1.71. The van der Waals surface area contributed by atoms with Crippen molar-refractivity contribution < 1.29 is 14.3 Å². The van der Waals surface area contributed by atoms with Gasteiger partial charge in [-0.15, -0.1) is 0 Å². The van der Waals surface area contributed by atoms with Crippen molar-refractivity contribution in [2.75, 3.05) is 32.6 Å². The highest BCUT2D eigenvalue weighted by atomic mass is 35.5. The second kappa shape index (κ2) is 9.91. The van der Waals surface area contributed by atoms with Gasteiger partial charge < -0.3 is 10.1 Å². The Morgan fingerprint density at radius 1 is 1.13 bits per heavy atom. The number of nitrogens with zero attached hydrogens (tertiary/aromatic N) is 3. The zero-order valence-electron chi connectivity index (χ0n) is 16.9. The van der Waals surface area contributed by atoms with Crippen LogP contribution in [0.15, 0.2) is 47.5 Å². The van der Waals surface area contributed by atoms with Crippen LogP contribution < -0.4 is 10.9 Å². The molecule has 0 atom stereocenters. The topological polar surface area (TPSA) is 93.5 Å². The van der Waals surface area contributed by atoms with Crippen LogP contribution in [0.1, 0.15) is 5.56 Å². The van der Waals surface area contributed by atoms with E-state index in [4.69, 9.17) is 27.9 Å². The second-order valence-corrected chi connectivity index (χ2v) is 7.92. The Labute approximate surface area is 188 Å². The smallest absolute Gasteiger partial charge is 0.320 e. The maximum atomic E-state index is 12.8. The minimum Gasteiger partial charge on any atom is -0.455 e. The van der Waals surface area contributed by atoms with Crippen LogP contribution in [0.4, 0.5) is 5.69 Å². The molecule has 3 aromatic rings. The van der Waals surface area contributed by atoms with Crippen molar-refractivity contribution in [2.24, 2.45) is 0 Å². The molecule has 31 heavy (non-hydrogen) atoms. The number of likely N-dealkylation sites (N-methyl/N-ethyl adjacent to an activating group) is 1. The second-order valence-electron chi connectivity index (χ2n) is 7.10. The summed E-state index contributed by atoms with van der Waals surface area (Å²) >= 11 is 12.0. The number of aromatic nitrogens is 2. The number of esters is 1. The van der Waals surface area contributed by atoms with Crippen molar-refractivity contribution in [2.45, 2.75) is 6.54 Å². The Hall–Kier alpha value is -2.94. The van der Waals surface area contributed by atoms with Gasteiger partial charge in [0.2, 0.25) is 0 Å². The third kappa shape index (κ3) is 6.04. The van der Waals surface area contributed by atoms with Gasteiger partial charge in [-0.25, -0.2) is 4.98 Å². The molecule has 0 saturated heterocycles. The lowest BCUT2D eigenvalue weighted by molar-refractivity contribution is -0.147. The molecule has 162 valence electrons. The average Bonchev–Trinajstić information content (AvgIpc) is 2.71. The predicted octanol–water partition coefficient (Wildman–Crippen LogP) is 2.79. The standard InChI is InChI=1S/C21H20Cl2N4O4/c1-26(2)10-20(29)31-11-19(28)25-14-4-5-15-18(8-14)24-12-27(21(15)30)9-13-3-6-16(22)17(23)7-13/h3-8,12H,9-11H2,1-2H3,(H,25,28). The van der Waals surface area contributed by atoms with Crippen molar-refractivity contribution in [1.29, 1.82) is 0 Å². The summed E-state index contributed by atoms with van der Waals surface area (Å²) in [4.78, 5) is 42.3. The number of carbonyl (C=O) groups excluding carboxylic acids is 2. The fourth-order valence-corrected chi connectivity index (χ4v) is 3.15. The van der Waals surface area contributed by atoms with E-state index in [0.29, 0.717) is 26.6 Å². The number of hydrogen-bond donors (Lipinski definition) is 1. The molecule has 0 spiro atoms. The first-order chi connectivity index (χ1) is 14.7. The van der Waals surface area contributed by atoms with Gasteiger partial charge in [-0.3, -0.25) is 23.9 Å². The van der Waals surface area contributed by atoms with Crippen molar-refractivity contribution >= 4 is 51.7 Å². The number of rotatable bonds is 7. The number of ether oxygens (including phenoxy) is 1. The number of nitrogens with one attached hydrogen (secondary N) is 1. The Kier molecular flexibility index (Phi) is 7.27. The van der Waals surface area contributed by atoms with Crippen LogP contribution in [0, 0.1) is 0 Å². The molecule has 0 radical (unpaired) electrons. The third-order valence-corrected chi connectivity index (χ3v) is 4.99. The number of anilines is 1. The number of hydrogen-bond acceptors (Lipinski definition) is 6. The van der Waals surface area contributed by atoms with Gasteiger partial charge >= 0.3 is 5.97 Å². The van der Waals surface area contributed by atoms with E-state index < -0.39 is 18.5 Å². The molecule has 0 unspecified atom stereocenters. The molecule has 0 bridgehead atoms. The summed E-state index contributed by atoms with van der Waals surface area (Å²) in [5.74, 6) is -0.984. The molecule has 2 aromatic carbocycles. The van der Waals surface area contributed by atoms with Crippen LogP contribution in [0.5, 0.6) is 0 Å². The highest BCUT2D eigenvalue weighted by Gasteiger charge is 2.11. The maximum Gasteiger partial charge on any atom is 0.320 e. The predicted molar refractivity (Wildman–Crippen MR) is 120 cm³/mol. The lowest BCUT2D eigenvalue weighted by atomic mass is 10.2. The lowest BCUT2D eigenvalue weighted by Gasteiger charge is -2.11. The number of fused-ring (bicyclic) bond motifs is 1. The van der Waals surface area contributed by atoms with E-state index in [1.165, 1.54) is 10.9 Å². The quantitative estimate of drug-likeness (QED) is 0.542. The molecular weight excluding hydrogens is 443 g/mol. The molecule has 1 N–H and O–H groups in total. The fourth-order valence-electron chi connectivity index (χ4n) is 2.83. The molecule has 0 aliphatic rings. The average molecular weight is 463 g/mol. The fraction of sp³-hybridized carbons (Fsp3) is 0.238.